The average Bonchev–Trinajstić information content (AvgIpc) is 3.27. The zero-order valence-corrected chi connectivity index (χ0v) is 20.6. The minimum absolute atomic E-state index is 0.0551. The van der Waals surface area contributed by atoms with Gasteiger partial charge in [0.15, 0.2) is 17.3 Å². The zero-order chi connectivity index (χ0) is 25.7. The second-order valence-corrected chi connectivity index (χ2v) is 8.71. The standard InChI is InChI=1S/C28H31FN4O3/c1-4-22-24(15-16-30)33(20-8-7-17-32(18-20)26(34)5-2)31-27(22)19-11-13-21(14-12-19)36-25-10-6-9-23(29)28(25)35-3/h4-6,9-14,16,20,24,30H,2,7-8,15,17-18H2,1,3H3/b22-4+,30-16?/t20-,24?/m1/s1. The van der Waals surface area contributed by atoms with Crippen molar-refractivity contribution in [3.63, 3.8) is 0 Å². The van der Waals surface area contributed by atoms with Gasteiger partial charge in [0.05, 0.1) is 24.9 Å². The number of hydrogen-bond donors (Lipinski definition) is 1. The summed E-state index contributed by atoms with van der Waals surface area (Å²) in [6, 6.07) is 12.0. The van der Waals surface area contributed by atoms with Gasteiger partial charge in [-0.05, 0) is 68.5 Å². The van der Waals surface area contributed by atoms with E-state index in [4.69, 9.17) is 20.0 Å². The van der Waals surface area contributed by atoms with Crippen LogP contribution in [0.4, 0.5) is 4.39 Å². The molecule has 0 radical (unpaired) electrons. The van der Waals surface area contributed by atoms with Crippen LogP contribution >= 0.6 is 0 Å². The molecule has 4 rings (SSSR count). The quantitative estimate of drug-likeness (QED) is 0.409. The first-order valence-electron chi connectivity index (χ1n) is 12.0. The van der Waals surface area contributed by atoms with Gasteiger partial charge in [0.2, 0.25) is 5.91 Å². The number of carbonyl (C=O) groups is 1. The van der Waals surface area contributed by atoms with E-state index in [0.29, 0.717) is 24.5 Å². The van der Waals surface area contributed by atoms with Gasteiger partial charge in [-0.1, -0.05) is 18.7 Å². The molecular weight excluding hydrogens is 459 g/mol. The number of methoxy groups -OCH3 is 1. The Labute approximate surface area is 211 Å². The third-order valence-electron chi connectivity index (χ3n) is 6.57. The molecule has 0 saturated carbocycles. The van der Waals surface area contributed by atoms with Crippen molar-refractivity contribution in [1.82, 2.24) is 9.91 Å². The fourth-order valence-corrected chi connectivity index (χ4v) is 4.85. The summed E-state index contributed by atoms with van der Waals surface area (Å²) in [6.07, 6.45) is 7.16. The van der Waals surface area contributed by atoms with E-state index in [-0.39, 0.29) is 23.7 Å². The van der Waals surface area contributed by atoms with E-state index in [2.05, 4.69) is 11.6 Å². The Bertz CT molecular complexity index is 1190. The molecule has 2 atom stereocenters. The Morgan fingerprint density at radius 1 is 1.28 bits per heavy atom. The van der Waals surface area contributed by atoms with Gasteiger partial charge >= 0.3 is 0 Å². The maximum Gasteiger partial charge on any atom is 0.246 e. The number of ether oxygens (including phenoxy) is 2. The zero-order valence-electron chi connectivity index (χ0n) is 20.6. The summed E-state index contributed by atoms with van der Waals surface area (Å²) in [5, 5.41) is 14.8. The van der Waals surface area contributed by atoms with Crippen LogP contribution in [0.3, 0.4) is 0 Å². The molecule has 0 aromatic heterocycles. The van der Waals surface area contributed by atoms with Crippen molar-refractivity contribution in [2.75, 3.05) is 20.2 Å². The van der Waals surface area contributed by atoms with Crippen LogP contribution in [0.15, 0.2) is 71.9 Å². The molecule has 1 saturated heterocycles. The first-order chi connectivity index (χ1) is 17.5. The maximum atomic E-state index is 14.0. The molecule has 2 aliphatic rings. The van der Waals surface area contributed by atoms with Gasteiger partial charge in [-0.2, -0.15) is 5.10 Å². The molecule has 0 aliphatic carbocycles. The van der Waals surface area contributed by atoms with Gasteiger partial charge in [0.1, 0.15) is 5.75 Å². The number of nitrogens with zero attached hydrogens (tertiary/aromatic N) is 3. The molecule has 8 heteroatoms. The van der Waals surface area contributed by atoms with Crippen LogP contribution < -0.4 is 9.47 Å². The van der Waals surface area contributed by atoms with Gasteiger partial charge in [-0.3, -0.25) is 9.80 Å². The minimum Gasteiger partial charge on any atom is -0.490 e. The van der Waals surface area contributed by atoms with Crippen LogP contribution in [0, 0.1) is 11.2 Å². The first kappa shape index (κ1) is 25.2. The number of amides is 1. The van der Waals surface area contributed by atoms with Crippen molar-refractivity contribution in [3.8, 4) is 17.2 Å². The van der Waals surface area contributed by atoms with Gasteiger partial charge in [-0.25, -0.2) is 4.39 Å². The molecule has 0 bridgehead atoms. The van der Waals surface area contributed by atoms with Crippen LogP contribution in [0.5, 0.6) is 17.2 Å². The van der Waals surface area contributed by atoms with E-state index in [9.17, 15) is 9.18 Å². The lowest BCUT2D eigenvalue weighted by atomic mass is 9.94. The van der Waals surface area contributed by atoms with Gasteiger partial charge < -0.3 is 19.8 Å². The van der Waals surface area contributed by atoms with Crippen LogP contribution in [-0.2, 0) is 4.79 Å². The molecule has 36 heavy (non-hydrogen) atoms. The molecule has 0 spiro atoms. The van der Waals surface area contributed by atoms with E-state index in [0.717, 1.165) is 36.2 Å². The second kappa shape index (κ2) is 11.2. The monoisotopic (exact) mass is 490 g/mol. The van der Waals surface area contributed by atoms with Crippen molar-refractivity contribution in [1.29, 1.82) is 5.41 Å². The summed E-state index contributed by atoms with van der Waals surface area (Å²) in [4.78, 5) is 14.0. The average molecular weight is 491 g/mol. The molecule has 2 aromatic carbocycles. The summed E-state index contributed by atoms with van der Waals surface area (Å²) >= 11 is 0. The van der Waals surface area contributed by atoms with E-state index < -0.39 is 5.82 Å². The lowest BCUT2D eigenvalue weighted by Crippen LogP contribution is -2.49. The number of benzene rings is 2. The molecular formula is C28H31FN4O3. The van der Waals surface area contributed by atoms with Crippen LogP contribution in [0.2, 0.25) is 0 Å². The van der Waals surface area contributed by atoms with Crippen molar-refractivity contribution in [2.45, 2.75) is 38.3 Å². The maximum absolute atomic E-state index is 14.0. The highest BCUT2D eigenvalue weighted by molar-refractivity contribution is 6.14. The largest absolute Gasteiger partial charge is 0.490 e. The third kappa shape index (κ3) is 5.03. The molecule has 7 nitrogen and oxygen atoms in total. The molecule has 1 unspecified atom stereocenters. The molecule has 188 valence electrons. The number of likely N-dealkylation sites (tertiary alicyclic amines) is 1. The Kier molecular flexibility index (Phi) is 7.83. The van der Waals surface area contributed by atoms with Crippen molar-refractivity contribution < 1.29 is 18.7 Å². The Balaban J connectivity index is 1.60. The van der Waals surface area contributed by atoms with Crippen molar-refractivity contribution >= 4 is 17.8 Å². The normalized spacial score (nSPS) is 20.8. The van der Waals surface area contributed by atoms with E-state index >= 15 is 0 Å². The van der Waals surface area contributed by atoms with Gasteiger partial charge in [0, 0.05) is 30.6 Å². The summed E-state index contributed by atoms with van der Waals surface area (Å²) < 4.78 is 25.0. The van der Waals surface area contributed by atoms with Crippen molar-refractivity contribution in [2.24, 2.45) is 5.10 Å². The summed E-state index contributed by atoms with van der Waals surface area (Å²) in [5.41, 5.74) is 2.80. The highest BCUT2D eigenvalue weighted by atomic mass is 19.1. The predicted molar refractivity (Wildman–Crippen MR) is 139 cm³/mol. The third-order valence-corrected chi connectivity index (χ3v) is 6.57. The lowest BCUT2D eigenvalue weighted by Gasteiger charge is -2.39. The summed E-state index contributed by atoms with van der Waals surface area (Å²) in [5.74, 6) is 0.342. The summed E-state index contributed by atoms with van der Waals surface area (Å²) in [7, 11) is 1.40. The smallest absolute Gasteiger partial charge is 0.246 e. The SMILES string of the molecule is C=CC(=O)N1CCC[C@@H](N2N=C(c3ccc(Oc4cccc(F)c4OC)cc3)/C(=C/C)C2CC=N)C1. The number of hydrogen-bond acceptors (Lipinski definition) is 6. The second-order valence-electron chi connectivity index (χ2n) is 8.71. The highest BCUT2D eigenvalue weighted by Crippen LogP contribution is 2.35. The molecule has 1 fully saturated rings. The van der Waals surface area contributed by atoms with Gasteiger partial charge in [-0.15, -0.1) is 0 Å². The van der Waals surface area contributed by atoms with Crippen LogP contribution in [-0.4, -0.2) is 60.0 Å². The number of halogens is 1. The Morgan fingerprint density at radius 2 is 2.06 bits per heavy atom. The summed E-state index contributed by atoms with van der Waals surface area (Å²) in [6.45, 7) is 6.90. The predicted octanol–water partition coefficient (Wildman–Crippen LogP) is 5.18. The highest BCUT2D eigenvalue weighted by Gasteiger charge is 2.37. The number of carbonyl (C=O) groups excluding carboxylic acids is 1. The molecule has 2 heterocycles. The van der Waals surface area contributed by atoms with E-state index in [1.165, 1.54) is 25.5 Å². The number of allylic oxidation sites excluding steroid dienone is 1. The fraction of sp³-hybridized carbons (Fsp3) is 0.321. The van der Waals surface area contributed by atoms with Crippen molar-refractivity contribution in [3.05, 3.63) is 78.1 Å². The number of hydrazone groups is 1. The number of nitrogens with one attached hydrogen (secondary N) is 1. The van der Waals surface area contributed by atoms with Crippen LogP contribution in [0.25, 0.3) is 0 Å². The lowest BCUT2D eigenvalue weighted by molar-refractivity contribution is -0.128. The van der Waals surface area contributed by atoms with E-state index in [1.807, 2.05) is 42.2 Å². The topological polar surface area (TPSA) is 78.2 Å². The van der Waals surface area contributed by atoms with E-state index in [1.54, 1.807) is 12.1 Å². The molecule has 2 aliphatic heterocycles. The Hall–Kier alpha value is -3.94. The first-order valence-corrected chi connectivity index (χ1v) is 12.0. The molecule has 1 N–H and O–H groups in total. The van der Waals surface area contributed by atoms with Gasteiger partial charge in [0.25, 0.3) is 0 Å². The number of rotatable bonds is 8. The molecule has 2 aromatic rings. The number of piperidine rings is 1. The Morgan fingerprint density at radius 3 is 2.72 bits per heavy atom. The molecule has 1 amide bonds. The van der Waals surface area contributed by atoms with Crippen LogP contribution in [0.1, 0.15) is 31.7 Å². The minimum atomic E-state index is -0.488. The fourth-order valence-electron chi connectivity index (χ4n) is 4.85. The number of para-hydroxylation sites is 1.